The predicted molar refractivity (Wildman–Crippen MR) is 84.1 cm³/mol. The second kappa shape index (κ2) is 6.88. The quantitative estimate of drug-likeness (QED) is 0.872. The van der Waals surface area contributed by atoms with Gasteiger partial charge in [0, 0.05) is 11.4 Å². The second-order valence-corrected chi connectivity index (χ2v) is 5.15. The number of benzene rings is 2. The summed E-state index contributed by atoms with van der Waals surface area (Å²) in [5.74, 6) is -0.157. The van der Waals surface area contributed by atoms with Crippen molar-refractivity contribution in [2.24, 2.45) is 0 Å². The van der Waals surface area contributed by atoms with Crippen LogP contribution in [0.25, 0.3) is 0 Å². The molecule has 2 rings (SSSR count). The number of carbonyl (C=O) groups is 1. The zero-order valence-corrected chi connectivity index (χ0v) is 12.2. The Labute approximate surface area is 124 Å². The van der Waals surface area contributed by atoms with E-state index in [0.717, 1.165) is 11.3 Å². The van der Waals surface area contributed by atoms with Crippen molar-refractivity contribution in [1.29, 1.82) is 0 Å². The van der Waals surface area contributed by atoms with Crippen molar-refractivity contribution >= 4 is 17.3 Å². The van der Waals surface area contributed by atoms with Crippen LogP contribution in [0.5, 0.6) is 0 Å². The minimum Gasteiger partial charge on any atom is -0.376 e. The molecule has 0 atom stereocenters. The molecular weight excluding hydrogens is 267 g/mol. The molecule has 0 aliphatic carbocycles. The van der Waals surface area contributed by atoms with Gasteiger partial charge in [-0.2, -0.15) is 0 Å². The first-order chi connectivity index (χ1) is 10.1. The lowest BCUT2D eigenvalue weighted by Gasteiger charge is -2.14. The van der Waals surface area contributed by atoms with Crippen LogP contribution >= 0.6 is 0 Å². The van der Waals surface area contributed by atoms with Crippen molar-refractivity contribution in [3.05, 3.63) is 59.9 Å². The van der Waals surface area contributed by atoms with Crippen LogP contribution in [0, 0.1) is 5.82 Å². The highest BCUT2D eigenvalue weighted by Gasteiger charge is 2.09. The predicted octanol–water partition coefficient (Wildman–Crippen LogP) is 4.00. The van der Waals surface area contributed by atoms with E-state index >= 15 is 0 Å². The number of halogens is 1. The highest BCUT2D eigenvalue weighted by Crippen LogP contribution is 2.23. The normalized spacial score (nSPS) is 10.5. The molecule has 0 fully saturated rings. The van der Waals surface area contributed by atoms with E-state index in [4.69, 9.17) is 0 Å². The van der Waals surface area contributed by atoms with E-state index in [1.807, 2.05) is 24.3 Å². The minimum absolute atomic E-state index is 0.0931. The van der Waals surface area contributed by atoms with Crippen molar-refractivity contribution in [3.8, 4) is 0 Å². The van der Waals surface area contributed by atoms with Gasteiger partial charge in [0.15, 0.2) is 0 Å². The number of hydrogen-bond acceptors (Lipinski definition) is 2. The molecule has 0 saturated heterocycles. The monoisotopic (exact) mass is 286 g/mol. The van der Waals surface area contributed by atoms with Crippen LogP contribution < -0.4 is 10.6 Å². The van der Waals surface area contributed by atoms with Gasteiger partial charge in [0.2, 0.25) is 5.91 Å². The Morgan fingerprint density at radius 2 is 1.90 bits per heavy atom. The van der Waals surface area contributed by atoms with Gasteiger partial charge < -0.3 is 10.6 Å². The van der Waals surface area contributed by atoms with E-state index in [1.54, 1.807) is 12.1 Å². The Hall–Kier alpha value is -2.36. The summed E-state index contributed by atoms with van der Waals surface area (Å²) in [4.78, 5) is 12.0. The molecule has 0 radical (unpaired) electrons. The fourth-order valence-corrected chi connectivity index (χ4v) is 2.09. The van der Waals surface area contributed by atoms with Crippen molar-refractivity contribution in [2.75, 3.05) is 17.2 Å². The lowest BCUT2D eigenvalue weighted by Crippen LogP contribution is -2.22. The van der Waals surface area contributed by atoms with E-state index in [1.165, 1.54) is 12.1 Å². The Kier molecular flexibility index (Phi) is 4.93. The number of rotatable bonds is 5. The molecule has 21 heavy (non-hydrogen) atoms. The molecule has 2 N–H and O–H groups in total. The second-order valence-electron chi connectivity index (χ2n) is 5.15. The van der Waals surface area contributed by atoms with E-state index in [2.05, 4.69) is 24.5 Å². The van der Waals surface area contributed by atoms with Crippen molar-refractivity contribution < 1.29 is 9.18 Å². The van der Waals surface area contributed by atoms with Gasteiger partial charge >= 0.3 is 0 Å². The molecule has 0 saturated carbocycles. The van der Waals surface area contributed by atoms with Gasteiger partial charge in [-0.1, -0.05) is 38.1 Å². The maximum absolute atomic E-state index is 13.0. The van der Waals surface area contributed by atoms with Gasteiger partial charge in [-0.3, -0.25) is 4.79 Å². The molecule has 0 aromatic heterocycles. The number of anilines is 2. The highest BCUT2D eigenvalue weighted by atomic mass is 19.1. The maximum Gasteiger partial charge on any atom is 0.243 e. The summed E-state index contributed by atoms with van der Waals surface area (Å²) in [7, 11) is 0. The summed E-state index contributed by atoms with van der Waals surface area (Å²) in [5.41, 5.74) is 2.50. The Balaban J connectivity index is 1.96. The van der Waals surface area contributed by atoms with Gasteiger partial charge in [-0.25, -0.2) is 4.39 Å². The summed E-state index contributed by atoms with van der Waals surface area (Å²) >= 11 is 0. The number of amides is 1. The fourth-order valence-electron chi connectivity index (χ4n) is 2.09. The van der Waals surface area contributed by atoms with Crippen molar-refractivity contribution in [1.82, 2.24) is 0 Å². The van der Waals surface area contributed by atoms with E-state index < -0.39 is 0 Å². The van der Waals surface area contributed by atoms with Crippen LogP contribution in [-0.4, -0.2) is 12.5 Å². The Morgan fingerprint density at radius 3 is 2.62 bits per heavy atom. The first-order valence-electron chi connectivity index (χ1n) is 6.94. The summed E-state index contributed by atoms with van der Waals surface area (Å²) in [6.07, 6.45) is 0. The van der Waals surface area contributed by atoms with Crippen LogP contribution in [0.4, 0.5) is 15.8 Å². The summed E-state index contributed by atoms with van der Waals surface area (Å²) in [6, 6.07) is 13.8. The molecule has 0 aliphatic heterocycles. The lowest BCUT2D eigenvalue weighted by atomic mass is 10.0. The smallest absolute Gasteiger partial charge is 0.243 e. The van der Waals surface area contributed by atoms with Gasteiger partial charge in [-0.05, 0) is 35.7 Å². The van der Waals surface area contributed by atoms with Crippen LogP contribution in [0.2, 0.25) is 0 Å². The number of carbonyl (C=O) groups excluding carboxylic acids is 1. The van der Waals surface area contributed by atoms with E-state index in [9.17, 15) is 9.18 Å². The maximum atomic E-state index is 13.0. The summed E-state index contributed by atoms with van der Waals surface area (Å²) in [6.45, 7) is 4.25. The van der Waals surface area contributed by atoms with E-state index in [-0.39, 0.29) is 18.3 Å². The minimum atomic E-state index is -0.328. The standard InChI is InChI=1S/C17H19FN2O/c1-12(2)15-8-3-4-9-16(15)20-17(21)11-19-14-7-5-6-13(18)10-14/h3-10,12,19H,11H2,1-2H3,(H,20,21). The van der Waals surface area contributed by atoms with Crippen molar-refractivity contribution in [3.63, 3.8) is 0 Å². The van der Waals surface area contributed by atoms with Crippen LogP contribution in [0.15, 0.2) is 48.5 Å². The SMILES string of the molecule is CC(C)c1ccccc1NC(=O)CNc1cccc(F)c1. The molecule has 1 amide bonds. The summed E-state index contributed by atoms with van der Waals surface area (Å²) < 4.78 is 13.0. The molecule has 2 aromatic carbocycles. The van der Waals surface area contributed by atoms with Gasteiger partial charge in [0.25, 0.3) is 0 Å². The zero-order valence-electron chi connectivity index (χ0n) is 12.2. The van der Waals surface area contributed by atoms with Crippen LogP contribution in [-0.2, 0) is 4.79 Å². The van der Waals surface area contributed by atoms with Crippen LogP contribution in [0.1, 0.15) is 25.3 Å². The van der Waals surface area contributed by atoms with E-state index in [0.29, 0.717) is 11.6 Å². The molecule has 110 valence electrons. The number of nitrogens with one attached hydrogen (secondary N) is 2. The summed E-state index contributed by atoms with van der Waals surface area (Å²) in [5, 5.41) is 5.78. The van der Waals surface area contributed by atoms with Crippen molar-refractivity contribution in [2.45, 2.75) is 19.8 Å². The molecule has 0 unspecified atom stereocenters. The molecule has 3 nitrogen and oxygen atoms in total. The molecule has 4 heteroatoms. The Morgan fingerprint density at radius 1 is 1.14 bits per heavy atom. The fraction of sp³-hybridized carbons (Fsp3) is 0.235. The van der Waals surface area contributed by atoms with Crippen LogP contribution in [0.3, 0.4) is 0 Å². The Bertz CT molecular complexity index is 626. The molecular formula is C17H19FN2O. The van der Waals surface area contributed by atoms with Gasteiger partial charge in [-0.15, -0.1) is 0 Å². The molecule has 0 spiro atoms. The molecule has 2 aromatic rings. The van der Waals surface area contributed by atoms with Gasteiger partial charge in [0.05, 0.1) is 6.54 Å². The first kappa shape index (κ1) is 15.0. The third-order valence-corrected chi connectivity index (χ3v) is 3.13. The average molecular weight is 286 g/mol. The average Bonchev–Trinajstić information content (AvgIpc) is 2.45. The molecule has 0 aliphatic rings. The number of hydrogen-bond donors (Lipinski definition) is 2. The highest BCUT2D eigenvalue weighted by molar-refractivity contribution is 5.94. The third-order valence-electron chi connectivity index (χ3n) is 3.13. The first-order valence-corrected chi connectivity index (χ1v) is 6.94. The molecule has 0 heterocycles. The topological polar surface area (TPSA) is 41.1 Å². The van der Waals surface area contributed by atoms with Gasteiger partial charge in [0.1, 0.15) is 5.82 Å². The third kappa shape index (κ3) is 4.31. The lowest BCUT2D eigenvalue weighted by molar-refractivity contribution is -0.114. The largest absolute Gasteiger partial charge is 0.376 e. The zero-order chi connectivity index (χ0) is 15.2. The molecule has 0 bridgehead atoms. The number of para-hydroxylation sites is 1.